The molecule has 1 saturated carbocycles. The first-order valence-corrected chi connectivity index (χ1v) is 13.3. The fraction of sp³-hybridized carbons (Fsp3) is 0.417. The zero-order valence-corrected chi connectivity index (χ0v) is 22.7. The van der Waals surface area contributed by atoms with Crippen LogP contribution in [0.5, 0.6) is 0 Å². The molecule has 2 N–H and O–H groups in total. The van der Waals surface area contributed by atoms with Crippen LogP contribution < -0.4 is 10.6 Å². The molecule has 0 aliphatic heterocycles. The van der Waals surface area contributed by atoms with Crippen LogP contribution in [0.1, 0.15) is 31.2 Å². The second-order valence-electron chi connectivity index (χ2n) is 9.20. The minimum absolute atomic E-state index is 0.0642. The minimum atomic E-state index is -0.423. The molecule has 36 heavy (non-hydrogen) atoms. The summed E-state index contributed by atoms with van der Waals surface area (Å²) >= 11 is 5.10. The van der Waals surface area contributed by atoms with Crippen LogP contribution in [0.3, 0.4) is 0 Å². The molecule has 1 aromatic carbocycles. The van der Waals surface area contributed by atoms with E-state index in [-0.39, 0.29) is 11.9 Å². The van der Waals surface area contributed by atoms with Gasteiger partial charge in [0, 0.05) is 36.9 Å². The van der Waals surface area contributed by atoms with Gasteiger partial charge < -0.3 is 15.4 Å². The molecule has 0 radical (unpaired) electrons. The van der Waals surface area contributed by atoms with Gasteiger partial charge in [0.05, 0.1) is 17.7 Å². The Morgan fingerprint density at radius 2 is 2.11 bits per heavy atom. The average molecular weight is 572 g/mol. The van der Waals surface area contributed by atoms with E-state index in [1.807, 2.05) is 38.1 Å². The molecule has 12 heteroatoms. The molecule has 2 atom stereocenters. The number of halogens is 1. The normalized spacial score (nSPS) is 19.6. The fourth-order valence-corrected chi connectivity index (χ4v) is 5.64. The lowest BCUT2D eigenvalue weighted by molar-refractivity contribution is -0.130. The first-order chi connectivity index (χ1) is 17.4. The molecule has 1 aliphatic carbocycles. The van der Waals surface area contributed by atoms with Crippen LogP contribution in [-0.4, -0.2) is 62.2 Å². The molecule has 0 unspecified atom stereocenters. The Balaban J connectivity index is 1.34. The number of hydrogen-bond donors (Lipinski definition) is 2. The topological polar surface area (TPSA) is 120 Å². The molecule has 10 nitrogen and oxygen atoms in total. The molecular formula is C24H27BrN8O2S. The Hall–Kier alpha value is -2.96. The van der Waals surface area contributed by atoms with Crippen LogP contribution in [0.4, 0.5) is 5.95 Å². The van der Waals surface area contributed by atoms with Crippen molar-refractivity contribution in [2.45, 2.75) is 39.2 Å². The summed E-state index contributed by atoms with van der Waals surface area (Å²) in [5, 5.41) is 22.0. The predicted molar refractivity (Wildman–Crippen MR) is 142 cm³/mol. The highest BCUT2D eigenvalue weighted by Crippen LogP contribution is 2.39. The van der Waals surface area contributed by atoms with Gasteiger partial charge in [-0.1, -0.05) is 18.3 Å². The number of aromatic nitrogens is 6. The summed E-state index contributed by atoms with van der Waals surface area (Å²) in [5.74, 6) is 0.584. The summed E-state index contributed by atoms with van der Waals surface area (Å²) in [6, 6.07) is 8.10. The molecule has 4 aromatic rings. The number of amides is 1. The van der Waals surface area contributed by atoms with Crippen molar-refractivity contribution in [3.05, 3.63) is 40.1 Å². The number of aryl methyl sites for hydroxylation is 1. The van der Waals surface area contributed by atoms with Gasteiger partial charge in [-0.05, 0) is 66.4 Å². The van der Waals surface area contributed by atoms with Crippen molar-refractivity contribution in [3.8, 4) is 16.3 Å². The quantitative estimate of drug-likeness (QED) is 0.303. The largest absolute Gasteiger partial charge is 0.383 e. The zero-order chi connectivity index (χ0) is 25.3. The Morgan fingerprint density at radius 1 is 1.31 bits per heavy atom. The maximum Gasteiger partial charge on any atom is 0.226 e. The van der Waals surface area contributed by atoms with Crippen LogP contribution >= 0.6 is 27.3 Å². The van der Waals surface area contributed by atoms with Crippen molar-refractivity contribution in [1.29, 1.82) is 0 Å². The third-order valence-electron chi connectivity index (χ3n) is 6.48. The summed E-state index contributed by atoms with van der Waals surface area (Å²) in [7, 11) is 1.63. The number of rotatable bonds is 8. The smallest absolute Gasteiger partial charge is 0.226 e. The molecule has 3 heterocycles. The van der Waals surface area contributed by atoms with Crippen LogP contribution in [0.25, 0.3) is 27.3 Å². The van der Waals surface area contributed by atoms with Gasteiger partial charge in [-0.3, -0.25) is 4.79 Å². The maximum atomic E-state index is 12.7. The molecule has 5 rings (SSSR count). The lowest BCUT2D eigenvalue weighted by Crippen LogP contribution is -2.39. The number of fused-ring (bicyclic) bond motifs is 1. The Morgan fingerprint density at radius 3 is 2.83 bits per heavy atom. The highest BCUT2D eigenvalue weighted by Gasteiger charge is 2.41. The summed E-state index contributed by atoms with van der Waals surface area (Å²) in [6.45, 7) is 4.98. The van der Waals surface area contributed by atoms with E-state index in [1.165, 1.54) is 0 Å². The molecular weight excluding hydrogens is 544 g/mol. The number of carbonyl (C=O) groups is 1. The van der Waals surface area contributed by atoms with Crippen molar-refractivity contribution in [1.82, 2.24) is 35.3 Å². The molecule has 1 fully saturated rings. The summed E-state index contributed by atoms with van der Waals surface area (Å²) in [4.78, 5) is 22.0. The van der Waals surface area contributed by atoms with Crippen molar-refractivity contribution < 1.29 is 9.53 Å². The molecule has 0 spiro atoms. The van der Waals surface area contributed by atoms with Crippen LogP contribution in [0, 0.1) is 12.3 Å². The monoisotopic (exact) mass is 570 g/mol. The van der Waals surface area contributed by atoms with E-state index in [9.17, 15) is 4.79 Å². The highest BCUT2D eigenvalue weighted by molar-refractivity contribution is 9.10. The second-order valence-corrected chi connectivity index (χ2v) is 11.1. The van der Waals surface area contributed by atoms with Crippen molar-refractivity contribution >= 4 is 50.2 Å². The number of ether oxygens (including phenoxy) is 1. The number of nitrogens with one attached hydrogen (secondary N) is 2. The van der Waals surface area contributed by atoms with E-state index >= 15 is 0 Å². The van der Waals surface area contributed by atoms with Gasteiger partial charge >= 0.3 is 0 Å². The number of benzene rings is 1. The number of carbonyl (C=O) groups excluding carboxylic acids is 1. The molecule has 188 valence electrons. The molecule has 0 saturated heterocycles. The number of hydrogen-bond acceptors (Lipinski definition) is 9. The van der Waals surface area contributed by atoms with Gasteiger partial charge in [0.25, 0.3) is 0 Å². The minimum Gasteiger partial charge on any atom is -0.383 e. The van der Waals surface area contributed by atoms with Crippen molar-refractivity contribution in [2.75, 3.05) is 25.6 Å². The van der Waals surface area contributed by atoms with E-state index in [0.717, 1.165) is 39.5 Å². The highest BCUT2D eigenvalue weighted by atomic mass is 79.9. The SMILES string of the molecule is COCCNC(=O)[C@]1(C)CC[C@@H](Nc2ncc3c(Br)nn(-c4ccc(-c5nnc(C)s5)cc4)c3n2)C1. The van der Waals surface area contributed by atoms with E-state index in [0.29, 0.717) is 35.8 Å². The van der Waals surface area contributed by atoms with Gasteiger partial charge in [0.2, 0.25) is 11.9 Å². The van der Waals surface area contributed by atoms with Crippen LogP contribution in [0.15, 0.2) is 35.1 Å². The van der Waals surface area contributed by atoms with Crippen LogP contribution in [-0.2, 0) is 9.53 Å². The van der Waals surface area contributed by atoms with Crippen LogP contribution in [0.2, 0.25) is 0 Å². The van der Waals surface area contributed by atoms with E-state index in [2.05, 4.69) is 46.8 Å². The molecule has 3 aromatic heterocycles. The van der Waals surface area contributed by atoms with Crippen molar-refractivity contribution in [2.24, 2.45) is 5.41 Å². The van der Waals surface area contributed by atoms with E-state index in [1.54, 1.807) is 29.3 Å². The zero-order valence-electron chi connectivity index (χ0n) is 20.3. The standard InChI is InChI=1S/C24H27BrN8O2S/c1-14-30-31-21(36-14)15-4-6-17(7-5-15)33-20-18(19(25)32-33)13-27-23(29-20)28-16-8-9-24(2,12-16)22(34)26-10-11-35-3/h4-7,13,16H,8-12H2,1-3H3,(H,26,34)(H,27,28,29)/t16-,24-/m1/s1. The molecule has 1 aliphatic rings. The van der Waals surface area contributed by atoms with Gasteiger partial charge in [0.1, 0.15) is 14.6 Å². The fourth-order valence-electron chi connectivity index (χ4n) is 4.51. The lowest BCUT2D eigenvalue weighted by atomic mass is 9.87. The molecule has 1 amide bonds. The van der Waals surface area contributed by atoms with Gasteiger partial charge in [-0.15, -0.1) is 10.2 Å². The first-order valence-electron chi connectivity index (χ1n) is 11.7. The number of nitrogens with zero attached hydrogens (tertiary/aromatic N) is 6. The van der Waals surface area contributed by atoms with Crippen molar-refractivity contribution in [3.63, 3.8) is 0 Å². The number of methoxy groups -OCH3 is 1. The summed E-state index contributed by atoms with van der Waals surface area (Å²) in [5.41, 5.74) is 2.15. The van der Waals surface area contributed by atoms with Gasteiger partial charge in [-0.25, -0.2) is 9.67 Å². The first kappa shape index (κ1) is 24.7. The second kappa shape index (κ2) is 10.2. The third kappa shape index (κ3) is 4.97. The molecule has 0 bridgehead atoms. The Bertz CT molecular complexity index is 1390. The summed E-state index contributed by atoms with van der Waals surface area (Å²) < 4.78 is 7.50. The van der Waals surface area contributed by atoms with Gasteiger partial charge in [-0.2, -0.15) is 10.1 Å². The third-order valence-corrected chi connectivity index (χ3v) is 7.95. The lowest BCUT2D eigenvalue weighted by Gasteiger charge is -2.23. The van der Waals surface area contributed by atoms with E-state index in [4.69, 9.17) is 9.72 Å². The summed E-state index contributed by atoms with van der Waals surface area (Å²) in [6.07, 6.45) is 4.14. The van der Waals surface area contributed by atoms with Gasteiger partial charge in [0.15, 0.2) is 5.65 Å². The predicted octanol–water partition coefficient (Wildman–Crippen LogP) is 4.14. The Kier molecular flexibility index (Phi) is 7.00. The Labute approximate surface area is 221 Å². The average Bonchev–Trinajstić information content (AvgIpc) is 3.57. The van der Waals surface area contributed by atoms with E-state index < -0.39 is 5.41 Å². The number of anilines is 1. The maximum absolute atomic E-state index is 12.7.